The van der Waals surface area contributed by atoms with Crippen LogP contribution >= 0.6 is 23.1 Å². The molecule has 0 saturated carbocycles. The molecule has 4 aromatic rings. The Morgan fingerprint density at radius 3 is 2.55 bits per heavy atom. The van der Waals surface area contributed by atoms with E-state index in [4.69, 9.17) is 14.5 Å². The maximum absolute atomic E-state index is 13.1. The summed E-state index contributed by atoms with van der Waals surface area (Å²) in [6.07, 6.45) is 1.76. The number of thioether (sulfide) groups is 1. The van der Waals surface area contributed by atoms with Crippen LogP contribution in [-0.2, 0) is 5.75 Å². The van der Waals surface area contributed by atoms with E-state index in [2.05, 4.69) is 9.97 Å². The van der Waals surface area contributed by atoms with E-state index < -0.39 is 0 Å². The first-order chi connectivity index (χ1) is 14.2. The second kappa shape index (κ2) is 8.67. The number of halogens is 1. The summed E-state index contributed by atoms with van der Waals surface area (Å²) >= 11 is 3.16. The Hall–Kier alpha value is -2.84. The van der Waals surface area contributed by atoms with Crippen molar-refractivity contribution in [1.82, 2.24) is 15.0 Å². The Kier molecular flexibility index (Phi) is 5.82. The van der Waals surface area contributed by atoms with E-state index >= 15 is 0 Å². The molecule has 0 unspecified atom stereocenters. The number of hydrogen-bond donors (Lipinski definition) is 1. The highest BCUT2D eigenvalue weighted by Crippen LogP contribution is 2.34. The van der Waals surface area contributed by atoms with Crippen LogP contribution < -0.4 is 9.47 Å². The highest BCUT2D eigenvalue weighted by Gasteiger charge is 2.11. The van der Waals surface area contributed by atoms with Gasteiger partial charge in [0.05, 0.1) is 31.8 Å². The van der Waals surface area contributed by atoms with Gasteiger partial charge >= 0.3 is 0 Å². The monoisotopic (exact) mass is 427 g/mol. The zero-order chi connectivity index (χ0) is 20.2. The van der Waals surface area contributed by atoms with E-state index in [1.165, 1.54) is 12.1 Å². The zero-order valence-corrected chi connectivity index (χ0v) is 17.4. The fraction of sp³-hybridized carbons (Fsp3) is 0.143. The molecule has 0 bridgehead atoms. The van der Waals surface area contributed by atoms with E-state index in [-0.39, 0.29) is 5.82 Å². The lowest BCUT2D eigenvalue weighted by Gasteiger charge is -2.08. The highest BCUT2D eigenvalue weighted by atomic mass is 32.2. The molecule has 0 spiro atoms. The fourth-order valence-corrected chi connectivity index (χ4v) is 4.43. The van der Waals surface area contributed by atoms with Gasteiger partial charge in [-0.1, -0.05) is 11.8 Å². The molecular formula is C21H18FN3O2S2. The topological polar surface area (TPSA) is 60.0 Å². The number of ether oxygens (including phenoxy) is 2. The molecule has 0 amide bonds. The van der Waals surface area contributed by atoms with Crippen molar-refractivity contribution < 1.29 is 13.9 Å². The molecule has 0 saturated heterocycles. The number of nitrogens with one attached hydrogen (secondary N) is 1. The summed E-state index contributed by atoms with van der Waals surface area (Å²) in [6.45, 7) is 0. The van der Waals surface area contributed by atoms with E-state index in [1.54, 1.807) is 55.6 Å². The van der Waals surface area contributed by atoms with Crippen LogP contribution in [0.2, 0.25) is 0 Å². The number of benzene rings is 2. The molecular weight excluding hydrogens is 409 g/mol. The Labute approximate surface area is 176 Å². The summed E-state index contributed by atoms with van der Waals surface area (Å²) in [6, 6.07) is 12.1. The molecule has 8 heteroatoms. The summed E-state index contributed by atoms with van der Waals surface area (Å²) in [4.78, 5) is 12.4. The Morgan fingerprint density at radius 1 is 1.03 bits per heavy atom. The van der Waals surface area contributed by atoms with E-state index in [1.807, 2.05) is 23.6 Å². The van der Waals surface area contributed by atoms with Crippen molar-refractivity contribution in [1.29, 1.82) is 0 Å². The van der Waals surface area contributed by atoms with Crippen molar-refractivity contribution in [2.24, 2.45) is 0 Å². The standard InChI is InChI=1S/C21H18FN3O2S2/c1-26-18-8-5-14(9-19(18)27-2)20-24-16(11-28-20)12-29-21-23-10-17(25-21)13-3-6-15(22)7-4-13/h3-11H,12H2,1-2H3,(H,23,25). The second-order valence-corrected chi connectivity index (χ2v) is 7.93. The van der Waals surface area contributed by atoms with Crippen LogP contribution in [0.5, 0.6) is 11.5 Å². The number of nitrogens with zero attached hydrogens (tertiary/aromatic N) is 2. The molecule has 5 nitrogen and oxygen atoms in total. The van der Waals surface area contributed by atoms with E-state index in [0.717, 1.165) is 32.7 Å². The predicted molar refractivity (Wildman–Crippen MR) is 114 cm³/mol. The molecule has 2 heterocycles. The SMILES string of the molecule is COc1ccc(-c2nc(CSc3ncc(-c4ccc(F)cc4)[nH]3)cs2)cc1OC. The maximum Gasteiger partial charge on any atom is 0.166 e. The number of aromatic amines is 1. The predicted octanol–water partition coefficient (Wildman–Crippen LogP) is 5.65. The molecule has 0 radical (unpaired) electrons. The number of hydrogen-bond acceptors (Lipinski definition) is 6. The second-order valence-electron chi connectivity index (χ2n) is 6.11. The zero-order valence-electron chi connectivity index (χ0n) is 15.8. The van der Waals surface area contributed by atoms with Crippen molar-refractivity contribution in [3.63, 3.8) is 0 Å². The number of imidazole rings is 1. The van der Waals surface area contributed by atoms with E-state index in [0.29, 0.717) is 17.3 Å². The minimum Gasteiger partial charge on any atom is -0.493 e. The largest absolute Gasteiger partial charge is 0.493 e. The first kappa shape index (κ1) is 19.5. The molecule has 29 heavy (non-hydrogen) atoms. The Balaban J connectivity index is 1.43. The summed E-state index contributed by atoms with van der Waals surface area (Å²) in [7, 11) is 3.24. The van der Waals surface area contributed by atoms with Crippen molar-refractivity contribution in [2.45, 2.75) is 10.9 Å². The van der Waals surface area contributed by atoms with Gasteiger partial charge in [0.15, 0.2) is 16.7 Å². The average molecular weight is 428 g/mol. The van der Waals surface area contributed by atoms with Gasteiger partial charge in [-0.25, -0.2) is 14.4 Å². The average Bonchev–Trinajstić information content (AvgIpc) is 3.42. The fourth-order valence-electron chi connectivity index (χ4n) is 2.77. The van der Waals surface area contributed by atoms with Crippen LogP contribution in [0.25, 0.3) is 21.8 Å². The van der Waals surface area contributed by atoms with Gasteiger partial charge in [0.2, 0.25) is 0 Å². The van der Waals surface area contributed by atoms with Crippen LogP contribution in [0.3, 0.4) is 0 Å². The van der Waals surface area contributed by atoms with Gasteiger partial charge in [-0.2, -0.15) is 0 Å². The lowest BCUT2D eigenvalue weighted by atomic mass is 10.2. The summed E-state index contributed by atoms with van der Waals surface area (Å²) in [5, 5.41) is 3.76. The molecule has 0 fully saturated rings. The van der Waals surface area contributed by atoms with Gasteiger partial charge in [-0.15, -0.1) is 11.3 Å². The minimum atomic E-state index is -0.253. The van der Waals surface area contributed by atoms with Crippen LogP contribution in [0.4, 0.5) is 4.39 Å². The number of thiazole rings is 1. The van der Waals surface area contributed by atoms with Crippen molar-refractivity contribution >= 4 is 23.1 Å². The number of rotatable bonds is 7. The first-order valence-corrected chi connectivity index (χ1v) is 10.6. The van der Waals surface area contributed by atoms with Crippen molar-refractivity contribution in [2.75, 3.05) is 14.2 Å². The number of methoxy groups -OCH3 is 2. The molecule has 148 valence electrons. The van der Waals surface area contributed by atoms with Gasteiger partial charge in [0.25, 0.3) is 0 Å². The van der Waals surface area contributed by atoms with Crippen molar-refractivity contribution in [3.05, 3.63) is 65.6 Å². The van der Waals surface area contributed by atoms with E-state index in [9.17, 15) is 4.39 Å². The van der Waals surface area contributed by atoms with Crippen molar-refractivity contribution in [3.8, 4) is 33.3 Å². The molecule has 4 rings (SSSR count). The molecule has 0 atom stereocenters. The normalized spacial score (nSPS) is 10.9. The summed E-state index contributed by atoms with van der Waals surface area (Å²) < 4.78 is 23.7. The molecule has 0 aliphatic rings. The third-order valence-corrected chi connectivity index (χ3v) is 6.11. The van der Waals surface area contributed by atoms with Crippen LogP contribution in [0.15, 0.2) is 59.2 Å². The smallest absolute Gasteiger partial charge is 0.166 e. The van der Waals surface area contributed by atoms with Gasteiger partial charge in [-0.3, -0.25) is 0 Å². The van der Waals surface area contributed by atoms with Crippen LogP contribution in [0, 0.1) is 5.82 Å². The number of aromatic nitrogens is 3. The van der Waals surface area contributed by atoms with Gasteiger partial charge in [0, 0.05) is 16.7 Å². The minimum absolute atomic E-state index is 0.253. The lowest BCUT2D eigenvalue weighted by molar-refractivity contribution is 0.355. The first-order valence-electron chi connectivity index (χ1n) is 8.77. The third-order valence-electron chi connectivity index (χ3n) is 4.25. The molecule has 0 aliphatic heterocycles. The molecule has 2 aromatic carbocycles. The lowest BCUT2D eigenvalue weighted by Crippen LogP contribution is -1.91. The highest BCUT2D eigenvalue weighted by molar-refractivity contribution is 7.98. The Bertz CT molecular complexity index is 1110. The maximum atomic E-state index is 13.1. The molecule has 1 N–H and O–H groups in total. The quantitative estimate of drug-likeness (QED) is 0.386. The van der Waals surface area contributed by atoms with Gasteiger partial charge < -0.3 is 14.5 Å². The Morgan fingerprint density at radius 2 is 1.79 bits per heavy atom. The summed E-state index contributed by atoms with van der Waals surface area (Å²) in [5.41, 5.74) is 3.72. The van der Waals surface area contributed by atoms with Crippen LogP contribution in [0.1, 0.15) is 5.69 Å². The molecule has 2 aromatic heterocycles. The molecule has 0 aliphatic carbocycles. The van der Waals surface area contributed by atoms with Crippen LogP contribution in [-0.4, -0.2) is 29.2 Å². The van der Waals surface area contributed by atoms with Gasteiger partial charge in [0.1, 0.15) is 10.8 Å². The third kappa shape index (κ3) is 4.44. The number of H-pyrrole nitrogens is 1. The summed E-state index contributed by atoms with van der Waals surface area (Å²) in [5.74, 6) is 1.82. The van der Waals surface area contributed by atoms with Gasteiger partial charge in [-0.05, 0) is 48.0 Å².